The second-order valence-corrected chi connectivity index (χ2v) is 7.22. The Labute approximate surface area is 166 Å². The van der Waals surface area contributed by atoms with Crippen molar-refractivity contribution in [1.29, 1.82) is 0 Å². The first-order valence-corrected chi connectivity index (χ1v) is 8.96. The molecule has 24 heavy (non-hydrogen) atoms. The Morgan fingerprint density at radius 1 is 1.33 bits per heavy atom. The van der Waals surface area contributed by atoms with Gasteiger partial charge in [0.05, 0.1) is 12.6 Å². The van der Waals surface area contributed by atoms with Gasteiger partial charge in [0, 0.05) is 24.7 Å². The zero-order valence-electron chi connectivity index (χ0n) is 14.2. The highest BCUT2D eigenvalue weighted by Crippen LogP contribution is 2.47. The number of hydrogen-bond donors (Lipinski definition) is 2. The van der Waals surface area contributed by atoms with Gasteiger partial charge in [-0.2, -0.15) is 0 Å². The van der Waals surface area contributed by atoms with Crippen molar-refractivity contribution < 1.29 is 5.11 Å². The number of likely N-dealkylation sites (tertiary alicyclic amines) is 1. The third kappa shape index (κ3) is 4.55. The van der Waals surface area contributed by atoms with Gasteiger partial charge >= 0.3 is 0 Å². The van der Waals surface area contributed by atoms with Crippen LogP contribution in [0.25, 0.3) is 0 Å². The monoisotopic (exact) mass is 463 g/mol. The van der Waals surface area contributed by atoms with Crippen molar-refractivity contribution in [3.8, 4) is 0 Å². The fourth-order valence-corrected chi connectivity index (χ4v) is 3.72. The number of nitrogens with one attached hydrogen (secondary N) is 1. The first kappa shape index (κ1) is 19.8. The predicted octanol–water partition coefficient (Wildman–Crippen LogP) is 3.83. The Kier molecular flexibility index (Phi) is 7.19. The molecule has 1 heterocycles. The third-order valence-electron chi connectivity index (χ3n) is 5.16. The van der Waals surface area contributed by atoms with E-state index in [1.54, 1.807) is 12.1 Å². The summed E-state index contributed by atoms with van der Waals surface area (Å²) in [5, 5.41) is 14.4. The number of halogens is 2. The van der Waals surface area contributed by atoms with E-state index < -0.39 is 6.10 Å². The van der Waals surface area contributed by atoms with Gasteiger partial charge in [0.1, 0.15) is 0 Å². The molecule has 0 aromatic heterocycles. The molecule has 1 saturated carbocycles. The van der Waals surface area contributed by atoms with Crippen molar-refractivity contribution in [1.82, 2.24) is 10.2 Å². The van der Waals surface area contributed by atoms with Gasteiger partial charge in [0.15, 0.2) is 5.96 Å². The van der Waals surface area contributed by atoms with E-state index in [1.807, 2.05) is 12.1 Å². The fourth-order valence-electron chi connectivity index (χ4n) is 3.59. The Morgan fingerprint density at radius 3 is 2.58 bits per heavy atom. The number of aliphatic imine (C=N–C) groups is 1. The Bertz CT molecular complexity index is 560. The summed E-state index contributed by atoms with van der Waals surface area (Å²) in [5.41, 5.74) is 1.40. The molecular weight excluding hydrogens is 437 g/mol. The number of hydrogen-bond acceptors (Lipinski definition) is 2. The lowest BCUT2D eigenvalue weighted by Gasteiger charge is -2.38. The summed E-state index contributed by atoms with van der Waals surface area (Å²) in [6.07, 6.45) is 4.77. The van der Waals surface area contributed by atoms with E-state index in [0.29, 0.717) is 17.0 Å². The SMILES string of the molecule is CCNC(=NCC(O)c1ccc(Cl)cc1)N1CCC2(CCC2)C1.I. The van der Waals surface area contributed by atoms with E-state index in [9.17, 15) is 5.11 Å². The molecule has 0 radical (unpaired) electrons. The first-order valence-electron chi connectivity index (χ1n) is 8.59. The van der Waals surface area contributed by atoms with Gasteiger partial charge in [-0.05, 0) is 49.3 Å². The predicted molar refractivity (Wildman–Crippen MR) is 110 cm³/mol. The van der Waals surface area contributed by atoms with E-state index in [2.05, 4.69) is 22.1 Å². The molecule has 0 amide bonds. The third-order valence-corrected chi connectivity index (χ3v) is 5.41. The lowest BCUT2D eigenvalue weighted by Crippen LogP contribution is -2.42. The topological polar surface area (TPSA) is 47.9 Å². The maximum absolute atomic E-state index is 10.3. The van der Waals surface area contributed by atoms with Crippen LogP contribution in [0.5, 0.6) is 0 Å². The summed E-state index contributed by atoms with van der Waals surface area (Å²) in [4.78, 5) is 7.02. The maximum atomic E-state index is 10.3. The van der Waals surface area contributed by atoms with E-state index >= 15 is 0 Å². The first-order chi connectivity index (χ1) is 11.1. The van der Waals surface area contributed by atoms with Crippen molar-refractivity contribution in [2.75, 3.05) is 26.2 Å². The molecule has 134 valence electrons. The number of guanidine groups is 1. The normalized spacial score (nSPS) is 20.5. The smallest absolute Gasteiger partial charge is 0.194 e. The molecule has 1 aromatic carbocycles. The Hall–Kier alpha value is -0.530. The molecule has 4 nitrogen and oxygen atoms in total. The van der Waals surface area contributed by atoms with E-state index in [-0.39, 0.29) is 24.0 Å². The standard InChI is InChI=1S/C18H26ClN3O.HI/c1-2-20-17(22-11-10-18(13-22)8-3-9-18)21-12-16(23)14-4-6-15(19)7-5-14;/h4-7,16,23H,2-3,8-13H2,1H3,(H,20,21);1H. The molecule has 1 spiro atoms. The number of aliphatic hydroxyl groups is 1. The number of aliphatic hydroxyl groups excluding tert-OH is 1. The van der Waals surface area contributed by atoms with Gasteiger partial charge < -0.3 is 15.3 Å². The number of rotatable bonds is 4. The van der Waals surface area contributed by atoms with Crippen LogP contribution in [0.3, 0.4) is 0 Å². The van der Waals surface area contributed by atoms with Gasteiger partial charge in [-0.25, -0.2) is 0 Å². The van der Waals surface area contributed by atoms with Crippen LogP contribution in [0.2, 0.25) is 5.02 Å². The van der Waals surface area contributed by atoms with E-state index in [1.165, 1.54) is 25.7 Å². The molecule has 2 N–H and O–H groups in total. The maximum Gasteiger partial charge on any atom is 0.194 e. The van der Waals surface area contributed by atoms with Gasteiger partial charge in [0.2, 0.25) is 0 Å². The largest absolute Gasteiger partial charge is 0.386 e. The van der Waals surface area contributed by atoms with Gasteiger partial charge in [-0.15, -0.1) is 24.0 Å². The van der Waals surface area contributed by atoms with Crippen LogP contribution in [-0.4, -0.2) is 42.1 Å². The molecule has 1 unspecified atom stereocenters. The summed E-state index contributed by atoms with van der Waals surface area (Å²) in [7, 11) is 0. The summed E-state index contributed by atoms with van der Waals surface area (Å²) in [5.74, 6) is 0.935. The Morgan fingerprint density at radius 2 is 2.04 bits per heavy atom. The summed E-state index contributed by atoms with van der Waals surface area (Å²) >= 11 is 5.89. The minimum Gasteiger partial charge on any atom is -0.386 e. The second-order valence-electron chi connectivity index (χ2n) is 6.79. The molecule has 1 aromatic rings. The zero-order chi connectivity index (χ0) is 16.3. The van der Waals surface area contributed by atoms with Crippen molar-refractivity contribution in [2.24, 2.45) is 10.4 Å². The molecule has 6 heteroatoms. The van der Waals surface area contributed by atoms with Crippen LogP contribution in [-0.2, 0) is 0 Å². The molecule has 1 aliphatic heterocycles. The van der Waals surface area contributed by atoms with Crippen molar-refractivity contribution in [3.05, 3.63) is 34.9 Å². The highest BCUT2D eigenvalue weighted by atomic mass is 127. The molecule has 2 aliphatic rings. The zero-order valence-corrected chi connectivity index (χ0v) is 17.3. The lowest BCUT2D eigenvalue weighted by molar-refractivity contribution is 0.151. The van der Waals surface area contributed by atoms with Crippen LogP contribution in [0.4, 0.5) is 0 Å². The fraction of sp³-hybridized carbons (Fsp3) is 0.611. The summed E-state index contributed by atoms with van der Waals surface area (Å²) < 4.78 is 0. The molecule has 1 aliphatic carbocycles. The summed E-state index contributed by atoms with van der Waals surface area (Å²) in [6, 6.07) is 7.31. The highest BCUT2D eigenvalue weighted by molar-refractivity contribution is 14.0. The van der Waals surface area contributed by atoms with Crippen molar-refractivity contribution in [2.45, 2.75) is 38.7 Å². The minimum absolute atomic E-state index is 0. The van der Waals surface area contributed by atoms with E-state index in [4.69, 9.17) is 11.6 Å². The average molecular weight is 464 g/mol. The van der Waals surface area contributed by atoms with Crippen molar-refractivity contribution in [3.63, 3.8) is 0 Å². The minimum atomic E-state index is -0.596. The number of nitrogens with zero attached hydrogens (tertiary/aromatic N) is 2. The van der Waals surface area contributed by atoms with Crippen LogP contribution < -0.4 is 5.32 Å². The van der Waals surface area contributed by atoms with Crippen LogP contribution in [0.15, 0.2) is 29.3 Å². The van der Waals surface area contributed by atoms with Gasteiger partial charge in [-0.1, -0.05) is 30.2 Å². The van der Waals surface area contributed by atoms with Crippen LogP contribution in [0, 0.1) is 5.41 Å². The molecule has 1 atom stereocenters. The number of benzene rings is 1. The van der Waals surface area contributed by atoms with Crippen molar-refractivity contribution >= 4 is 41.5 Å². The molecular formula is C18H27ClIN3O. The lowest BCUT2D eigenvalue weighted by atomic mass is 9.68. The summed E-state index contributed by atoms with van der Waals surface area (Å²) in [6.45, 7) is 5.48. The molecule has 3 rings (SSSR count). The highest BCUT2D eigenvalue weighted by Gasteiger charge is 2.43. The Balaban J connectivity index is 0.00000208. The quantitative estimate of drug-likeness (QED) is 0.405. The molecule has 2 fully saturated rings. The van der Waals surface area contributed by atoms with Gasteiger partial charge in [0.25, 0.3) is 0 Å². The second kappa shape index (κ2) is 8.72. The van der Waals surface area contributed by atoms with Gasteiger partial charge in [-0.3, -0.25) is 4.99 Å². The van der Waals surface area contributed by atoms with Crippen LogP contribution >= 0.6 is 35.6 Å². The van der Waals surface area contributed by atoms with E-state index in [0.717, 1.165) is 31.2 Å². The molecule has 1 saturated heterocycles. The average Bonchev–Trinajstić information content (AvgIpc) is 2.97. The molecule has 0 bridgehead atoms. The van der Waals surface area contributed by atoms with Crippen LogP contribution in [0.1, 0.15) is 44.3 Å².